The van der Waals surface area contributed by atoms with Crippen molar-refractivity contribution in [2.24, 2.45) is 5.84 Å². The van der Waals surface area contributed by atoms with Crippen molar-refractivity contribution in [1.29, 1.82) is 0 Å². The molecule has 5 heteroatoms. The second-order valence-corrected chi connectivity index (χ2v) is 6.64. The van der Waals surface area contributed by atoms with Crippen molar-refractivity contribution in [3.8, 4) is 5.75 Å². The number of piperidine rings is 1. The summed E-state index contributed by atoms with van der Waals surface area (Å²) in [6, 6.07) is 7.98. The summed E-state index contributed by atoms with van der Waals surface area (Å²) in [5.41, 5.74) is 2.68. The summed E-state index contributed by atoms with van der Waals surface area (Å²) in [5, 5.41) is 0. The van der Waals surface area contributed by atoms with E-state index in [9.17, 15) is 4.79 Å². The van der Waals surface area contributed by atoms with Gasteiger partial charge in [-0.25, -0.2) is 5.84 Å². The zero-order chi connectivity index (χ0) is 16.1. The van der Waals surface area contributed by atoms with Crippen LogP contribution in [0.4, 0.5) is 0 Å². The monoisotopic (exact) mass is 317 g/mol. The van der Waals surface area contributed by atoms with E-state index in [0.717, 1.165) is 37.7 Å². The Morgan fingerprint density at radius 3 is 2.30 bits per heavy atom. The molecule has 1 aliphatic heterocycles. The highest BCUT2D eigenvalue weighted by atomic mass is 16.5. The topological polar surface area (TPSA) is 67.6 Å². The van der Waals surface area contributed by atoms with Gasteiger partial charge in [-0.3, -0.25) is 10.2 Å². The van der Waals surface area contributed by atoms with E-state index in [1.807, 2.05) is 12.1 Å². The number of carbonyl (C=O) groups is 1. The molecular weight excluding hydrogens is 290 g/mol. The average Bonchev–Trinajstić information content (AvgIpc) is 2.63. The number of benzene rings is 1. The van der Waals surface area contributed by atoms with Crippen LogP contribution >= 0.6 is 0 Å². The van der Waals surface area contributed by atoms with Crippen molar-refractivity contribution < 1.29 is 9.53 Å². The second kappa shape index (κ2) is 7.79. The number of rotatable bonds is 4. The lowest BCUT2D eigenvalue weighted by molar-refractivity contribution is 0.0631. The summed E-state index contributed by atoms with van der Waals surface area (Å²) in [5.74, 6) is 5.68. The Labute approximate surface area is 138 Å². The van der Waals surface area contributed by atoms with Gasteiger partial charge in [-0.05, 0) is 49.9 Å². The van der Waals surface area contributed by atoms with Crippen LogP contribution in [0.2, 0.25) is 0 Å². The van der Waals surface area contributed by atoms with E-state index in [2.05, 4.69) is 10.3 Å². The summed E-state index contributed by atoms with van der Waals surface area (Å²) < 4.78 is 6.07. The van der Waals surface area contributed by atoms with E-state index in [-0.39, 0.29) is 12.0 Å². The van der Waals surface area contributed by atoms with E-state index in [1.165, 1.54) is 32.1 Å². The van der Waals surface area contributed by atoms with Crippen LogP contribution in [-0.4, -0.2) is 36.0 Å². The molecule has 1 amide bonds. The maximum Gasteiger partial charge on any atom is 0.265 e. The lowest BCUT2D eigenvalue weighted by Crippen LogP contribution is -2.44. The molecule has 1 aromatic rings. The first-order valence-electron chi connectivity index (χ1n) is 8.78. The standard InChI is InChI=1S/C18H27N3O2/c19-20-18(22)14-6-8-16(9-7-14)23-17-10-12-21(13-11-17)15-4-2-1-3-5-15/h6-9,15,17H,1-5,10-13,19H2,(H,20,22). The van der Waals surface area contributed by atoms with Gasteiger partial charge in [0.15, 0.2) is 0 Å². The smallest absolute Gasteiger partial charge is 0.265 e. The van der Waals surface area contributed by atoms with Gasteiger partial charge in [0.25, 0.3) is 5.91 Å². The number of amides is 1. The number of hydrogen-bond donors (Lipinski definition) is 2. The van der Waals surface area contributed by atoms with Gasteiger partial charge in [-0.2, -0.15) is 0 Å². The van der Waals surface area contributed by atoms with Crippen LogP contribution in [0.25, 0.3) is 0 Å². The SMILES string of the molecule is NNC(=O)c1ccc(OC2CCN(C3CCCCC3)CC2)cc1. The summed E-state index contributed by atoms with van der Waals surface area (Å²) >= 11 is 0. The van der Waals surface area contributed by atoms with E-state index < -0.39 is 0 Å². The highest BCUT2D eigenvalue weighted by Gasteiger charge is 2.26. The van der Waals surface area contributed by atoms with Crippen molar-refractivity contribution in [3.05, 3.63) is 29.8 Å². The fourth-order valence-corrected chi connectivity index (χ4v) is 3.77. The molecule has 23 heavy (non-hydrogen) atoms. The number of nitrogens with zero attached hydrogens (tertiary/aromatic N) is 1. The summed E-state index contributed by atoms with van der Waals surface area (Å²) in [7, 11) is 0. The molecule has 0 bridgehead atoms. The third kappa shape index (κ3) is 4.24. The van der Waals surface area contributed by atoms with E-state index in [0.29, 0.717) is 5.56 Å². The van der Waals surface area contributed by atoms with Crippen molar-refractivity contribution >= 4 is 5.91 Å². The summed E-state index contributed by atoms with van der Waals surface area (Å²) in [6.07, 6.45) is 9.39. The van der Waals surface area contributed by atoms with Crippen molar-refractivity contribution in [1.82, 2.24) is 10.3 Å². The highest BCUT2D eigenvalue weighted by molar-refractivity contribution is 5.93. The Balaban J connectivity index is 1.47. The molecule has 0 spiro atoms. The maximum absolute atomic E-state index is 11.4. The van der Waals surface area contributed by atoms with E-state index in [1.54, 1.807) is 12.1 Å². The molecule has 0 atom stereocenters. The van der Waals surface area contributed by atoms with Crippen LogP contribution in [0.15, 0.2) is 24.3 Å². The third-order valence-corrected chi connectivity index (χ3v) is 5.12. The quantitative estimate of drug-likeness (QED) is 0.508. The Hall–Kier alpha value is -1.59. The van der Waals surface area contributed by atoms with Crippen LogP contribution < -0.4 is 16.0 Å². The predicted molar refractivity (Wildman–Crippen MR) is 90.2 cm³/mol. The molecule has 1 saturated carbocycles. The number of ether oxygens (including phenoxy) is 1. The lowest BCUT2D eigenvalue weighted by Gasteiger charge is -2.39. The highest BCUT2D eigenvalue weighted by Crippen LogP contribution is 2.26. The minimum absolute atomic E-state index is 0.280. The molecule has 2 fully saturated rings. The van der Waals surface area contributed by atoms with Crippen LogP contribution in [0, 0.1) is 0 Å². The molecule has 1 saturated heterocycles. The Morgan fingerprint density at radius 1 is 1.04 bits per heavy atom. The van der Waals surface area contributed by atoms with Crippen molar-refractivity contribution in [3.63, 3.8) is 0 Å². The zero-order valence-electron chi connectivity index (χ0n) is 13.7. The van der Waals surface area contributed by atoms with Crippen LogP contribution in [0.5, 0.6) is 5.75 Å². The van der Waals surface area contributed by atoms with E-state index >= 15 is 0 Å². The molecule has 2 aliphatic rings. The fraction of sp³-hybridized carbons (Fsp3) is 0.611. The van der Waals surface area contributed by atoms with Gasteiger partial charge in [-0.15, -0.1) is 0 Å². The second-order valence-electron chi connectivity index (χ2n) is 6.64. The first-order valence-corrected chi connectivity index (χ1v) is 8.78. The van der Waals surface area contributed by atoms with Crippen molar-refractivity contribution in [2.45, 2.75) is 57.1 Å². The number of nitrogen functional groups attached to an aromatic ring is 1. The van der Waals surface area contributed by atoms with Crippen LogP contribution in [0.1, 0.15) is 55.3 Å². The van der Waals surface area contributed by atoms with Gasteiger partial charge in [0.05, 0.1) is 0 Å². The summed E-state index contributed by atoms with van der Waals surface area (Å²) in [4.78, 5) is 14.1. The molecule has 3 rings (SSSR count). The summed E-state index contributed by atoms with van der Waals surface area (Å²) in [6.45, 7) is 2.28. The molecule has 1 heterocycles. The molecule has 126 valence electrons. The number of hydrogen-bond acceptors (Lipinski definition) is 4. The van der Waals surface area contributed by atoms with Gasteiger partial charge in [0.2, 0.25) is 0 Å². The van der Waals surface area contributed by atoms with Gasteiger partial charge in [-0.1, -0.05) is 19.3 Å². The third-order valence-electron chi connectivity index (χ3n) is 5.12. The van der Waals surface area contributed by atoms with Gasteiger partial charge < -0.3 is 9.64 Å². The molecule has 0 unspecified atom stereocenters. The van der Waals surface area contributed by atoms with Crippen LogP contribution in [-0.2, 0) is 0 Å². The fourth-order valence-electron chi connectivity index (χ4n) is 3.77. The molecule has 1 aliphatic carbocycles. The largest absolute Gasteiger partial charge is 0.490 e. The molecule has 0 radical (unpaired) electrons. The predicted octanol–water partition coefficient (Wildman–Crippen LogP) is 2.47. The van der Waals surface area contributed by atoms with Gasteiger partial charge >= 0.3 is 0 Å². The number of likely N-dealkylation sites (tertiary alicyclic amines) is 1. The first kappa shape index (κ1) is 16.3. The Bertz CT molecular complexity index is 504. The first-order chi connectivity index (χ1) is 11.3. The average molecular weight is 317 g/mol. The van der Waals surface area contributed by atoms with Crippen LogP contribution in [0.3, 0.4) is 0 Å². The molecule has 0 aromatic heterocycles. The molecule has 5 nitrogen and oxygen atoms in total. The normalized spacial score (nSPS) is 21.1. The number of hydrazine groups is 1. The number of nitrogens with one attached hydrogen (secondary N) is 1. The lowest BCUT2D eigenvalue weighted by atomic mass is 9.92. The van der Waals surface area contributed by atoms with Crippen molar-refractivity contribution in [2.75, 3.05) is 13.1 Å². The number of nitrogens with two attached hydrogens (primary N) is 1. The van der Waals surface area contributed by atoms with Gasteiger partial charge in [0.1, 0.15) is 11.9 Å². The maximum atomic E-state index is 11.4. The molecule has 3 N–H and O–H groups in total. The Kier molecular flexibility index (Phi) is 5.51. The minimum atomic E-state index is -0.280. The van der Waals surface area contributed by atoms with E-state index in [4.69, 9.17) is 10.6 Å². The Morgan fingerprint density at radius 2 is 1.70 bits per heavy atom. The number of carbonyl (C=O) groups excluding carboxylic acids is 1. The molecule has 1 aromatic carbocycles. The molecular formula is C18H27N3O2. The zero-order valence-corrected chi connectivity index (χ0v) is 13.7. The minimum Gasteiger partial charge on any atom is -0.490 e. The van der Waals surface area contributed by atoms with Gasteiger partial charge in [0, 0.05) is 24.7 Å².